The van der Waals surface area contributed by atoms with Crippen LogP contribution in [0.4, 0.5) is 18.0 Å². The number of aryl methyl sites for hydroxylation is 1. The molecule has 6 nitrogen and oxygen atoms in total. The number of rotatable bonds is 10. The second kappa shape index (κ2) is 12.1. The van der Waals surface area contributed by atoms with Gasteiger partial charge in [-0.05, 0) is 60.7 Å². The lowest BCUT2D eigenvalue weighted by molar-refractivity contribution is -0.137. The van der Waals surface area contributed by atoms with E-state index in [1.807, 2.05) is 24.3 Å². The number of oxazole rings is 1. The van der Waals surface area contributed by atoms with Crippen molar-refractivity contribution in [3.8, 4) is 5.75 Å². The van der Waals surface area contributed by atoms with E-state index in [-0.39, 0.29) is 12.7 Å². The van der Waals surface area contributed by atoms with Crippen LogP contribution in [0.25, 0.3) is 12.2 Å². The van der Waals surface area contributed by atoms with Crippen molar-refractivity contribution < 1.29 is 31.9 Å². The number of nitrogens with zero attached hydrogens (tertiary/aromatic N) is 2. The van der Waals surface area contributed by atoms with Gasteiger partial charge < -0.3 is 18.8 Å². The zero-order valence-electron chi connectivity index (χ0n) is 19.5. The molecule has 0 spiro atoms. The van der Waals surface area contributed by atoms with Crippen molar-refractivity contribution in [1.29, 1.82) is 0 Å². The number of amides is 1. The summed E-state index contributed by atoms with van der Waals surface area (Å²) in [4.78, 5) is 17.1. The highest BCUT2D eigenvalue weighted by atomic mass is 19.4. The van der Waals surface area contributed by atoms with E-state index in [1.54, 1.807) is 26.2 Å². The number of carbonyl (C=O) groups is 1. The van der Waals surface area contributed by atoms with Gasteiger partial charge in [-0.2, -0.15) is 13.2 Å². The molecule has 0 aliphatic heterocycles. The van der Waals surface area contributed by atoms with E-state index in [0.717, 1.165) is 37.0 Å². The molecule has 3 rings (SSSR count). The van der Waals surface area contributed by atoms with Crippen LogP contribution < -0.4 is 4.74 Å². The summed E-state index contributed by atoms with van der Waals surface area (Å²) in [5, 5.41) is 0. The summed E-state index contributed by atoms with van der Waals surface area (Å²) in [7, 11) is 3.30. The number of aromatic nitrogens is 1. The maximum atomic E-state index is 12.6. The first-order chi connectivity index (χ1) is 16.7. The van der Waals surface area contributed by atoms with Crippen LogP contribution in [0.1, 0.15) is 41.1 Å². The molecule has 0 bridgehead atoms. The Morgan fingerprint density at radius 1 is 1.03 bits per heavy atom. The van der Waals surface area contributed by atoms with Crippen LogP contribution in [0.15, 0.2) is 59.2 Å². The fourth-order valence-corrected chi connectivity index (χ4v) is 3.05. The first-order valence-corrected chi connectivity index (χ1v) is 11.1. The van der Waals surface area contributed by atoms with Crippen LogP contribution in [-0.4, -0.2) is 36.7 Å². The molecule has 0 N–H and O–H groups in total. The highest BCUT2D eigenvalue weighted by Crippen LogP contribution is 2.29. The number of benzene rings is 2. The van der Waals surface area contributed by atoms with E-state index in [9.17, 15) is 18.0 Å². The summed E-state index contributed by atoms with van der Waals surface area (Å²) >= 11 is 0. The van der Waals surface area contributed by atoms with Crippen LogP contribution in [0.2, 0.25) is 0 Å². The van der Waals surface area contributed by atoms with E-state index >= 15 is 0 Å². The number of ether oxygens (including phenoxy) is 2. The van der Waals surface area contributed by atoms with Gasteiger partial charge in [0.05, 0.1) is 12.2 Å². The van der Waals surface area contributed by atoms with Crippen LogP contribution >= 0.6 is 0 Å². The van der Waals surface area contributed by atoms with Crippen molar-refractivity contribution in [2.24, 2.45) is 0 Å². The van der Waals surface area contributed by atoms with E-state index < -0.39 is 11.7 Å². The number of alkyl halides is 3. The Morgan fingerprint density at radius 2 is 1.74 bits per heavy atom. The largest absolute Gasteiger partial charge is 0.487 e. The molecule has 0 fully saturated rings. The number of halogens is 3. The van der Waals surface area contributed by atoms with Gasteiger partial charge in [-0.1, -0.05) is 24.3 Å². The predicted molar refractivity (Wildman–Crippen MR) is 126 cm³/mol. The molecule has 0 aliphatic rings. The molecule has 0 atom stereocenters. The van der Waals surface area contributed by atoms with Crippen LogP contribution in [0, 0.1) is 0 Å². The van der Waals surface area contributed by atoms with Crippen molar-refractivity contribution in [3.05, 3.63) is 83.1 Å². The second-order valence-corrected chi connectivity index (χ2v) is 8.03. The third kappa shape index (κ3) is 8.51. The van der Waals surface area contributed by atoms with Gasteiger partial charge in [0.15, 0.2) is 0 Å². The minimum absolute atomic E-state index is 0.216. The third-order valence-electron chi connectivity index (χ3n) is 4.99. The molecule has 35 heavy (non-hydrogen) atoms. The SMILES string of the molecule is CN(C)C(=O)OCCCCc1ccc(OCc2coc(/C=C/c3ccc(C(F)(F)F)cc3)n2)cc1. The van der Waals surface area contributed by atoms with E-state index in [2.05, 4.69) is 4.98 Å². The molecule has 0 aliphatic carbocycles. The molecular weight excluding hydrogens is 461 g/mol. The standard InChI is InChI=1S/C26H27F3N2O4/c1-31(2)25(32)33-16-4-3-5-19-8-13-23(14-9-19)34-17-22-18-35-24(30-22)15-10-20-6-11-21(12-7-20)26(27,28)29/h6-15,18H,3-5,16-17H2,1-2H3/b15-10+. The molecule has 1 heterocycles. The second-order valence-electron chi connectivity index (χ2n) is 8.03. The van der Waals surface area contributed by atoms with Crippen molar-refractivity contribution in [2.75, 3.05) is 20.7 Å². The quantitative estimate of drug-likeness (QED) is 0.306. The first kappa shape index (κ1) is 25.9. The Bertz CT molecular complexity index is 1100. The molecule has 1 aromatic heterocycles. The van der Waals surface area contributed by atoms with E-state index in [0.29, 0.717) is 29.5 Å². The number of hydrogen-bond acceptors (Lipinski definition) is 5. The monoisotopic (exact) mass is 488 g/mol. The summed E-state index contributed by atoms with van der Waals surface area (Å²) in [6.45, 7) is 0.617. The summed E-state index contributed by atoms with van der Waals surface area (Å²) < 4.78 is 54.1. The fraction of sp³-hybridized carbons (Fsp3) is 0.308. The Kier molecular flexibility index (Phi) is 8.94. The summed E-state index contributed by atoms with van der Waals surface area (Å²) in [6.07, 6.45) is 2.57. The fourth-order valence-electron chi connectivity index (χ4n) is 3.05. The number of unbranched alkanes of at least 4 members (excludes halogenated alkanes) is 1. The van der Waals surface area contributed by atoms with Crippen molar-refractivity contribution >= 4 is 18.2 Å². The van der Waals surface area contributed by atoms with Gasteiger partial charge in [-0.15, -0.1) is 0 Å². The minimum Gasteiger partial charge on any atom is -0.487 e. The Balaban J connectivity index is 1.41. The average molecular weight is 489 g/mol. The molecule has 0 saturated heterocycles. The van der Waals surface area contributed by atoms with Crippen molar-refractivity contribution in [3.63, 3.8) is 0 Å². The molecule has 186 valence electrons. The van der Waals surface area contributed by atoms with Gasteiger partial charge in [-0.25, -0.2) is 9.78 Å². The van der Waals surface area contributed by atoms with Gasteiger partial charge in [0.1, 0.15) is 24.3 Å². The molecular formula is C26H27F3N2O4. The van der Waals surface area contributed by atoms with Crippen molar-refractivity contribution in [1.82, 2.24) is 9.88 Å². The van der Waals surface area contributed by atoms with Crippen molar-refractivity contribution in [2.45, 2.75) is 32.0 Å². The Labute approximate surface area is 202 Å². The molecule has 1 amide bonds. The Hall–Kier alpha value is -3.75. The summed E-state index contributed by atoms with van der Waals surface area (Å²) in [6, 6.07) is 12.6. The van der Waals surface area contributed by atoms with Gasteiger partial charge in [-0.3, -0.25) is 0 Å². The van der Waals surface area contributed by atoms with Gasteiger partial charge in [0, 0.05) is 20.2 Å². The predicted octanol–water partition coefficient (Wildman–Crippen LogP) is 6.46. The van der Waals surface area contributed by atoms with Crippen LogP contribution in [0.3, 0.4) is 0 Å². The van der Waals surface area contributed by atoms with Crippen LogP contribution in [0.5, 0.6) is 5.75 Å². The normalized spacial score (nSPS) is 11.6. The zero-order valence-corrected chi connectivity index (χ0v) is 19.5. The number of carbonyl (C=O) groups excluding carboxylic acids is 1. The lowest BCUT2D eigenvalue weighted by Crippen LogP contribution is -2.23. The van der Waals surface area contributed by atoms with Gasteiger partial charge in [0.25, 0.3) is 0 Å². The molecule has 0 unspecified atom stereocenters. The molecule has 3 aromatic rings. The smallest absolute Gasteiger partial charge is 0.416 e. The highest BCUT2D eigenvalue weighted by molar-refractivity contribution is 5.67. The third-order valence-corrected chi connectivity index (χ3v) is 4.99. The number of hydrogen-bond donors (Lipinski definition) is 0. The molecule has 0 radical (unpaired) electrons. The summed E-state index contributed by atoms with van der Waals surface area (Å²) in [5.74, 6) is 1.02. The first-order valence-electron chi connectivity index (χ1n) is 11.1. The van der Waals surface area contributed by atoms with E-state index in [4.69, 9.17) is 13.9 Å². The maximum Gasteiger partial charge on any atom is 0.416 e. The Morgan fingerprint density at radius 3 is 2.40 bits per heavy atom. The van der Waals surface area contributed by atoms with Gasteiger partial charge in [0.2, 0.25) is 5.89 Å². The molecule has 2 aromatic carbocycles. The van der Waals surface area contributed by atoms with Crippen LogP contribution in [-0.2, 0) is 23.9 Å². The maximum absolute atomic E-state index is 12.6. The lowest BCUT2D eigenvalue weighted by atomic mass is 10.1. The van der Waals surface area contributed by atoms with E-state index in [1.165, 1.54) is 23.3 Å². The van der Waals surface area contributed by atoms with Gasteiger partial charge >= 0.3 is 12.3 Å². The average Bonchev–Trinajstić information content (AvgIpc) is 3.29. The topological polar surface area (TPSA) is 64.8 Å². The molecule has 9 heteroatoms. The highest BCUT2D eigenvalue weighted by Gasteiger charge is 2.29. The minimum atomic E-state index is -4.36. The lowest BCUT2D eigenvalue weighted by Gasteiger charge is -2.10. The molecule has 0 saturated carbocycles. The zero-order chi connectivity index (χ0) is 25.3. The summed E-state index contributed by atoms with van der Waals surface area (Å²) in [5.41, 5.74) is 1.66.